The molecular formula is C17H21FN4O3S. The van der Waals surface area contributed by atoms with Crippen molar-refractivity contribution in [1.82, 2.24) is 19.9 Å². The molecule has 0 bridgehead atoms. The third-order valence-electron chi connectivity index (χ3n) is 4.49. The van der Waals surface area contributed by atoms with E-state index in [0.29, 0.717) is 30.6 Å². The molecule has 1 fully saturated rings. The molecular weight excluding hydrogens is 359 g/mol. The van der Waals surface area contributed by atoms with Crippen LogP contribution in [0.25, 0.3) is 5.69 Å². The number of aromatic nitrogens is 3. The molecule has 0 saturated carbocycles. The van der Waals surface area contributed by atoms with E-state index in [9.17, 15) is 17.6 Å². The number of carbonyl (C=O) groups excluding carboxylic acids is 1. The maximum atomic E-state index is 13.3. The standard InChI is InChI=1S/C17H21FN4O3S/c1-3-7-21(14-6-8-26(24,25)11-14)17(23)15-10-22(20-19-15)16-5-4-13(18)9-12(16)2/h4-5,9-10,14H,3,6-8,11H2,1-2H3/t14-/m0/s1. The fraction of sp³-hybridized carbons (Fsp3) is 0.471. The molecule has 1 atom stereocenters. The third-order valence-corrected chi connectivity index (χ3v) is 6.24. The highest BCUT2D eigenvalue weighted by Crippen LogP contribution is 2.21. The lowest BCUT2D eigenvalue weighted by atomic mass is 10.2. The molecule has 2 heterocycles. The first-order valence-corrected chi connectivity index (χ1v) is 10.3. The molecule has 3 rings (SSSR count). The van der Waals surface area contributed by atoms with E-state index in [0.717, 1.165) is 0 Å². The van der Waals surface area contributed by atoms with Gasteiger partial charge in [-0.3, -0.25) is 4.79 Å². The summed E-state index contributed by atoms with van der Waals surface area (Å²) in [6, 6.07) is 3.94. The van der Waals surface area contributed by atoms with Crippen LogP contribution >= 0.6 is 0 Å². The predicted molar refractivity (Wildman–Crippen MR) is 94.4 cm³/mol. The van der Waals surface area contributed by atoms with Crippen molar-refractivity contribution in [2.45, 2.75) is 32.7 Å². The molecule has 2 aromatic rings. The minimum atomic E-state index is -3.09. The van der Waals surface area contributed by atoms with E-state index in [2.05, 4.69) is 10.3 Å². The van der Waals surface area contributed by atoms with Gasteiger partial charge in [0.25, 0.3) is 5.91 Å². The fourth-order valence-electron chi connectivity index (χ4n) is 3.21. The molecule has 1 aromatic heterocycles. The summed E-state index contributed by atoms with van der Waals surface area (Å²) in [5.41, 5.74) is 1.44. The van der Waals surface area contributed by atoms with E-state index in [1.54, 1.807) is 17.9 Å². The number of nitrogens with zero attached hydrogens (tertiary/aromatic N) is 4. The summed E-state index contributed by atoms with van der Waals surface area (Å²) in [6.45, 7) is 4.14. The lowest BCUT2D eigenvalue weighted by Crippen LogP contribution is -2.41. The Balaban J connectivity index is 1.85. The van der Waals surface area contributed by atoms with Crippen LogP contribution in [0, 0.1) is 12.7 Å². The predicted octanol–water partition coefficient (Wildman–Crippen LogP) is 1.75. The summed E-state index contributed by atoms with van der Waals surface area (Å²) < 4.78 is 38.2. The molecule has 0 aliphatic carbocycles. The zero-order valence-corrected chi connectivity index (χ0v) is 15.5. The highest BCUT2D eigenvalue weighted by molar-refractivity contribution is 7.91. The maximum Gasteiger partial charge on any atom is 0.276 e. The average Bonchev–Trinajstić information content (AvgIpc) is 3.18. The molecule has 1 aliphatic heterocycles. The van der Waals surface area contributed by atoms with Gasteiger partial charge < -0.3 is 4.90 Å². The van der Waals surface area contributed by atoms with Crippen molar-refractivity contribution in [3.63, 3.8) is 0 Å². The molecule has 0 radical (unpaired) electrons. The first-order chi connectivity index (χ1) is 12.3. The highest BCUT2D eigenvalue weighted by Gasteiger charge is 2.35. The Morgan fingerprint density at radius 1 is 1.42 bits per heavy atom. The van der Waals surface area contributed by atoms with Crippen molar-refractivity contribution in [3.8, 4) is 5.69 Å². The summed E-state index contributed by atoms with van der Waals surface area (Å²) >= 11 is 0. The van der Waals surface area contributed by atoms with Crippen LogP contribution in [-0.2, 0) is 9.84 Å². The molecule has 140 valence electrons. The zero-order valence-electron chi connectivity index (χ0n) is 14.7. The first kappa shape index (κ1) is 18.5. The fourth-order valence-corrected chi connectivity index (χ4v) is 4.95. The molecule has 0 spiro atoms. The molecule has 9 heteroatoms. The quantitative estimate of drug-likeness (QED) is 0.789. The van der Waals surface area contributed by atoms with Gasteiger partial charge in [0, 0.05) is 12.6 Å². The lowest BCUT2D eigenvalue weighted by molar-refractivity contribution is 0.0691. The van der Waals surface area contributed by atoms with E-state index in [1.165, 1.54) is 23.0 Å². The van der Waals surface area contributed by atoms with Gasteiger partial charge in [-0.05, 0) is 43.5 Å². The Kier molecular flexibility index (Phi) is 5.08. The monoisotopic (exact) mass is 380 g/mol. The Morgan fingerprint density at radius 2 is 2.19 bits per heavy atom. The third kappa shape index (κ3) is 3.77. The molecule has 26 heavy (non-hydrogen) atoms. The normalized spacial score (nSPS) is 18.8. The molecule has 7 nitrogen and oxygen atoms in total. The number of halogens is 1. The Hall–Kier alpha value is -2.29. The van der Waals surface area contributed by atoms with Gasteiger partial charge in [-0.15, -0.1) is 5.10 Å². The average molecular weight is 380 g/mol. The van der Waals surface area contributed by atoms with E-state index in [-0.39, 0.29) is 35.0 Å². The minimum absolute atomic E-state index is 0.00997. The summed E-state index contributed by atoms with van der Waals surface area (Å²) in [6.07, 6.45) is 2.65. The van der Waals surface area contributed by atoms with Crippen molar-refractivity contribution in [1.29, 1.82) is 0 Å². The number of aryl methyl sites for hydroxylation is 1. The van der Waals surface area contributed by atoms with Crippen molar-refractivity contribution in [2.75, 3.05) is 18.1 Å². The van der Waals surface area contributed by atoms with Gasteiger partial charge in [-0.1, -0.05) is 12.1 Å². The number of hydrogen-bond donors (Lipinski definition) is 0. The maximum absolute atomic E-state index is 13.3. The summed E-state index contributed by atoms with van der Waals surface area (Å²) in [5, 5.41) is 7.92. The van der Waals surface area contributed by atoms with E-state index < -0.39 is 9.84 Å². The van der Waals surface area contributed by atoms with E-state index in [1.807, 2.05) is 6.92 Å². The number of benzene rings is 1. The van der Waals surface area contributed by atoms with Gasteiger partial charge in [0.1, 0.15) is 5.82 Å². The van der Waals surface area contributed by atoms with Gasteiger partial charge >= 0.3 is 0 Å². The number of rotatable bonds is 5. The van der Waals surface area contributed by atoms with Crippen LogP contribution < -0.4 is 0 Å². The number of amides is 1. The number of carbonyl (C=O) groups is 1. The Morgan fingerprint density at radius 3 is 2.81 bits per heavy atom. The largest absolute Gasteiger partial charge is 0.333 e. The zero-order chi connectivity index (χ0) is 18.9. The van der Waals surface area contributed by atoms with Crippen LogP contribution in [0.15, 0.2) is 24.4 Å². The van der Waals surface area contributed by atoms with Crippen LogP contribution in [0.2, 0.25) is 0 Å². The van der Waals surface area contributed by atoms with E-state index >= 15 is 0 Å². The van der Waals surface area contributed by atoms with Crippen LogP contribution in [0.3, 0.4) is 0 Å². The smallest absolute Gasteiger partial charge is 0.276 e. The van der Waals surface area contributed by atoms with E-state index in [4.69, 9.17) is 0 Å². The van der Waals surface area contributed by atoms with Crippen LogP contribution in [0.4, 0.5) is 4.39 Å². The second-order valence-corrected chi connectivity index (χ2v) is 8.76. The highest BCUT2D eigenvalue weighted by atomic mass is 32.2. The summed E-state index contributed by atoms with van der Waals surface area (Å²) in [7, 11) is -3.09. The minimum Gasteiger partial charge on any atom is -0.333 e. The molecule has 0 N–H and O–H groups in total. The second-order valence-electron chi connectivity index (χ2n) is 6.53. The lowest BCUT2D eigenvalue weighted by Gasteiger charge is -2.26. The van der Waals surface area contributed by atoms with Gasteiger partial charge in [0.15, 0.2) is 15.5 Å². The van der Waals surface area contributed by atoms with Gasteiger partial charge in [-0.2, -0.15) is 0 Å². The SMILES string of the molecule is CCCN(C(=O)c1cn(-c2ccc(F)cc2C)nn1)[C@H]1CCS(=O)(=O)C1. The summed E-state index contributed by atoms with van der Waals surface area (Å²) in [5.74, 6) is -0.587. The second kappa shape index (κ2) is 7.14. The van der Waals surface area contributed by atoms with Crippen LogP contribution in [0.1, 0.15) is 35.8 Å². The Bertz CT molecular complexity index is 926. The Labute approximate surface area is 151 Å². The topological polar surface area (TPSA) is 85.2 Å². The molecule has 0 unspecified atom stereocenters. The number of sulfone groups is 1. The van der Waals surface area contributed by atoms with Crippen molar-refractivity contribution in [3.05, 3.63) is 41.5 Å². The van der Waals surface area contributed by atoms with Crippen molar-refractivity contribution in [2.24, 2.45) is 0 Å². The van der Waals surface area contributed by atoms with Gasteiger partial charge in [0.2, 0.25) is 0 Å². The van der Waals surface area contributed by atoms with Crippen molar-refractivity contribution >= 4 is 15.7 Å². The first-order valence-electron chi connectivity index (χ1n) is 8.51. The molecule has 1 aromatic carbocycles. The molecule has 1 saturated heterocycles. The van der Waals surface area contributed by atoms with Crippen molar-refractivity contribution < 1.29 is 17.6 Å². The summed E-state index contributed by atoms with van der Waals surface area (Å²) in [4.78, 5) is 14.5. The van der Waals surface area contributed by atoms with Crippen LogP contribution in [0.5, 0.6) is 0 Å². The molecule has 1 aliphatic rings. The van der Waals surface area contributed by atoms with Crippen LogP contribution in [-0.4, -0.2) is 58.3 Å². The van der Waals surface area contributed by atoms with Gasteiger partial charge in [0.05, 0.1) is 23.4 Å². The van der Waals surface area contributed by atoms with Gasteiger partial charge in [-0.25, -0.2) is 17.5 Å². The molecule has 1 amide bonds. The number of hydrogen-bond acceptors (Lipinski definition) is 5.